The fourth-order valence-electron chi connectivity index (χ4n) is 4.70. The van der Waals surface area contributed by atoms with Crippen molar-refractivity contribution in [1.29, 1.82) is 0 Å². The van der Waals surface area contributed by atoms with E-state index in [4.69, 9.17) is 25.8 Å². The molecule has 1 aliphatic rings. The summed E-state index contributed by atoms with van der Waals surface area (Å²) in [6.45, 7) is 0. The van der Waals surface area contributed by atoms with Crippen molar-refractivity contribution in [1.82, 2.24) is 4.98 Å². The summed E-state index contributed by atoms with van der Waals surface area (Å²) in [6.07, 6.45) is 4.98. The third-order valence-electron chi connectivity index (χ3n) is 6.89. The highest BCUT2D eigenvalue weighted by Gasteiger charge is 2.40. The lowest BCUT2D eigenvalue weighted by atomic mass is 10.0. The number of methoxy groups -OCH3 is 2. The van der Waals surface area contributed by atoms with E-state index in [1.165, 1.54) is 30.9 Å². The molecule has 8 heteroatoms. The first-order valence-corrected chi connectivity index (χ1v) is 12.9. The molecule has 1 heterocycles. The maximum absolute atomic E-state index is 13.7. The maximum Gasteiger partial charge on any atom is 0.339 e. The van der Waals surface area contributed by atoms with E-state index in [0.29, 0.717) is 34.9 Å². The quantitative estimate of drug-likeness (QED) is 0.208. The Balaban J connectivity index is 1.24. The van der Waals surface area contributed by atoms with E-state index in [2.05, 4.69) is 17.1 Å². The maximum atomic E-state index is 13.7. The molecule has 0 radical (unpaired) electrons. The molecule has 1 aliphatic carbocycles. The summed E-state index contributed by atoms with van der Waals surface area (Å²) in [6, 6.07) is 19.6. The van der Waals surface area contributed by atoms with E-state index in [9.17, 15) is 14.3 Å². The van der Waals surface area contributed by atoms with Crippen molar-refractivity contribution >= 4 is 40.6 Å². The summed E-state index contributed by atoms with van der Waals surface area (Å²) in [5.74, 6) is -0.142. The van der Waals surface area contributed by atoms with Crippen LogP contribution in [0.5, 0.6) is 11.5 Å². The number of ether oxygens (including phenoxy) is 3. The molecule has 0 bridgehead atoms. The van der Waals surface area contributed by atoms with Crippen molar-refractivity contribution in [3.05, 3.63) is 100.0 Å². The molecule has 200 valence electrons. The summed E-state index contributed by atoms with van der Waals surface area (Å²) in [7, 11) is 3.04. The molecule has 1 N–H and O–H groups in total. The zero-order valence-electron chi connectivity index (χ0n) is 21.4. The Labute approximate surface area is 230 Å². The Bertz CT molecular complexity index is 1560. The number of benzene rings is 3. The first kappa shape index (κ1) is 26.7. The Morgan fingerprint density at radius 3 is 2.74 bits per heavy atom. The van der Waals surface area contributed by atoms with Gasteiger partial charge in [-0.3, -0.25) is 0 Å². The molecule has 2 unspecified atom stereocenters. The van der Waals surface area contributed by atoms with E-state index in [-0.39, 0.29) is 16.3 Å². The average molecular weight is 548 g/mol. The van der Waals surface area contributed by atoms with Gasteiger partial charge in [-0.15, -0.1) is 0 Å². The van der Waals surface area contributed by atoms with Crippen molar-refractivity contribution in [3.8, 4) is 11.5 Å². The standard InChI is InChI=1S/C31H27ClFNO5/c1-37-23-10-11-29(25(16-23)31(35)36)39-30(38-2)15-21-13-24(21)19-5-3-4-18(12-19)6-8-22-9-7-20-14-27(33)26(32)17-28(20)34-22/h3-12,14,16-17,21,24,30H,13,15H2,1-2H3,(H,35,36)/b8-6+/t21?,24?,30-/m1/s1. The molecule has 39 heavy (non-hydrogen) atoms. The summed E-state index contributed by atoms with van der Waals surface area (Å²) < 4.78 is 30.3. The average Bonchev–Trinajstić information content (AvgIpc) is 3.71. The largest absolute Gasteiger partial charge is 0.497 e. The zero-order valence-corrected chi connectivity index (χ0v) is 22.2. The van der Waals surface area contributed by atoms with Gasteiger partial charge in [-0.25, -0.2) is 14.2 Å². The van der Waals surface area contributed by atoms with Crippen LogP contribution in [0.1, 0.15) is 45.9 Å². The minimum atomic E-state index is -1.09. The second-order valence-electron chi connectivity index (χ2n) is 9.49. The molecule has 3 atom stereocenters. The van der Waals surface area contributed by atoms with Crippen LogP contribution in [0.2, 0.25) is 5.02 Å². The third-order valence-corrected chi connectivity index (χ3v) is 7.18. The minimum absolute atomic E-state index is 0.0272. The minimum Gasteiger partial charge on any atom is -0.497 e. The van der Waals surface area contributed by atoms with Gasteiger partial charge in [-0.2, -0.15) is 0 Å². The molecule has 3 aromatic carbocycles. The number of aromatic carboxylic acids is 1. The normalized spacial score (nSPS) is 17.3. The predicted octanol–water partition coefficient (Wildman–Crippen LogP) is 7.45. The van der Waals surface area contributed by atoms with Crippen LogP contribution >= 0.6 is 11.6 Å². The van der Waals surface area contributed by atoms with Gasteiger partial charge in [0.25, 0.3) is 0 Å². The molecular formula is C31H27ClFNO5. The molecule has 0 saturated heterocycles. The van der Waals surface area contributed by atoms with E-state index < -0.39 is 18.1 Å². The van der Waals surface area contributed by atoms with Crippen molar-refractivity contribution in [3.63, 3.8) is 0 Å². The number of aromatic nitrogens is 1. The number of carboxylic acid groups (broad SMARTS) is 1. The number of carbonyl (C=O) groups is 1. The van der Waals surface area contributed by atoms with Crippen LogP contribution in [0.25, 0.3) is 23.1 Å². The second-order valence-corrected chi connectivity index (χ2v) is 9.89. The number of pyridine rings is 1. The highest BCUT2D eigenvalue weighted by atomic mass is 35.5. The van der Waals surface area contributed by atoms with Crippen LogP contribution in [0, 0.1) is 11.7 Å². The van der Waals surface area contributed by atoms with E-state index in [1.807, 2.05) is 36.4 Å². The number of carboxylic acids is 1. The molecule has 6 nitrogen and oxygen atoms in total. The van der Waals surface area contributed by atoms with Crippen LogP contribution in [0.15, 0.2) is 66.7 Å². The Morgan fingerprint density at radius 2 is 1.97 bits per heavy atom. The van der Waals surface area contributed by atoms with Crippen molar-refractivity contribution in [2.75, 3.05) is 14.2 Å². The summed E-state index contributed by atoms with van der Waals surface area (Å²) >= 11 is 5.91. The van der Waals surface area contributed by atoms with Crippen LogP contribution < -0.4 is 9.47 Å². The fourth-order valence-corrected chi connectivity index (χ4v) is 4.86. The molecule has 1 saturated carbocycles. The molecule has 0 aliphatic heterocycles. The number of halogens is 2. The SMILES string of the molecule is COc1ccc(O[C@H](CC2CC2c2cccc(/C=C/c3ccc4cc(F)c(Cl)cc4n3)c2)OC)c(C(=O)O)c1. The monoisotopic (exact) mass is 547 g/mol. The van der Waals surface area contributed by atoms with Crippen molar-refractivity contribution in [2.24, 2.45) is 5.92 Å². The molecular weight excluding hydrogens is 521 g/mol. The van der Waals surface area contributed by atoms with Crippen LogP contribution in [-0.4, -0.2) is 36.6 Å². The first-order chi connectivity index (χ1) is 18.8. The molecule has 4 aromatic rings. The highest BCUT2D eigenvalue weighted by Crippen LogP contribution is 2.50. The van der Waals surface area contributed by atoms with Gasteiger partial charge in [0.1, 0.15) is 22.9 Å². The lowest BCUT2D eigenvalue weighted by molar-refractivity contribution is -0.0622. The number of hydrogen-bond acceptors (Lipinski definition) is 5. The van der Waals surface area contributed by atoms with Crippen LogP contribution in [0.4, 0.5) is 4.39 Å². The topological polar surface area (TPSA) is 77.9 Å². The van der Waals surface area contributed by atoms with Crippen molar-refractivity contribution in [2.45, 2.75) is 25.0 Å². The van der Waals surface area contributed by atoms with Gasteiger partial charge in [0, 0.05) is 18.9 Å². The van der Waals surface area contributed by atoms with Gasteiger partial charge >= 0.3 is 5.97 Å². The summed E-state index contributed by atoms with van der Waals surface area (Å²) in [5.41, 5.74) is 3.68. The van der Waals surface area contributed by atoms with Crippen LogP contribution in [0.3, 0.4) is 0 Å². The first-order valence-electron chi connectivity index (χ1n) is 12.5. The van der Waals surface area contributed by atoms with Crippen LogP contribution in [-0.2, 0) is 4.74 Å². The summed E-state index contributed by atoms with van der Waals surface area (Å²) in [4.78, 5) is 16.3. The Hall–Kier alpha value is -3.94. The van der Waals surface area contributed by atoms with Gasteiger partial charge in [0.2, 0.25) is 0 Å². The number of nitrogens with zero attached hydrogens (tertiary/aromatic N) is 1. The molecule has 0 spiro atoms. The van der Waals surface area contributed by atoms with Gasteiger partial charge in [-0.1, -0.05) is 48.0 Å². The third kappa shape index (κ3) is 6.21. The lowest BCUT2D eigenvalue weighted by Gasteiger charge is -2.19. The van der Waals surface area contributed by atoms with E-state index in [0.717, 1.165) is 17.7 Å². The number of hydrogen-bond donors (Lipinski definition) is 1. The smallest absolute Gasteiger partial charge is 0.339 e. The number of fused-ring (bicyclic) bond motifs is 1. The van der Waals surface area contributed by atoms with E-state index >= 15 is 0 Å². The van der Waals surface area contributed by atoms with Gasteiger partial charge in [0.15, 0.2) is 6.29 Å². The molecule has 1 aromatic heterocycles. The Kier molecular flexibility index (Phi) is 7.82. The second kappa shape index (κ2) is 11.4. The molecule has 1 fully saturated rings. The van der Waals surface area contributed by atoms with Crippen molar-refractivity contribution < 1.29 is 28.5 Å². The number of rotatable bonds is 10. The molecule has 5 rings (SSSR count). The molecule has 0 amide bonds. The van der Waals surface area contributed by atoms with E-state index in [1.54, 1.807) is 19.2 Å². The lowest BCUT2D eigenvalue weighted by Crippen LogP contribution is -2.21. The highest BCUT2D eigenvalue weighted by molar-refractivity contribution is 6.31. The predicted molar refractivity (Wildman–Crippen MR) is 149 cm³/mol. The van der Waals surface area contributed by atoms with Gasteiger partial charge in [-0.05, 0) is 71.9 Å². The fraction of sp³-hybridized carbons (Fsp3) is 0.226. The Morgan fingerprint density at radius 1 is 1.13 bits per heavy atom. The van der Waals surface area contributed by atoms with Gasteiger partial charge < -0.3 is 19.3 Å². The van der Waals surface area contributed by atoms with Gasteiger partial charge in [0.05, 0.1) is 23.3 Å². The summed E-state index contributed by atoms with van der Waals surface area (Å²) in [5, 5.41) is 10.3. The zero-order chi connectivity index (χ0) is 27.5.